The van der Waals surface area contributed by atoms with Crippen LogP contribution >= 0.6 is 27.7 Å². The monoisotopic (exact) mass is 418 g/mol. The summed E-state index contributed by atoms with van der Waals surface area (Å²) in [5, 5.41) is 1.52. The molecule has 0 aliphatic rings. The second kappa shape index (κ2) is 8.17. The molecule has 1 aromatic heterocycles. The Kier molecular flexibility index (Phi) is 5.93. The van der Waals surface area contributed by atoms with E-state index in [1.54, 1.807) is 23.4 Å². The van der Waals surface area contributed by atoms with E-state index in [0.29, 0.717) is 29.2 Å². The maximum absolute atomic E-state index is 13.0. The quantitative estimate of drug-likeness (QED) is 0.431. The van der Waals surface area contributed by atoms with Gasteiger partial charge in [0.05, 0.1) is 24.1 Å². The molecule has 1 unspecified atom stereocenters. The molecule has 1 atom stereocenters. The number of halogens is 1. The van der Waals surface area contributed by atoms with Gasteiger partial charge in [-0.2, -0.15) is 0 Å². The Balaban J connectivity index is 2.05. The topological polar surface area (TPSA) is 44.1 Å². The first-order valence-electron chi connectivity index (χ1n) is 8.01. The summed E-state index contributed by atoms with van der Waals surface area (Å²) in [7, 11) is 1.63. The third kappa shape index (κ3) is 4.14. The predicted octanol–water partition coefficient (Wildman–Crippen LogP) is 4.66. The van der Waals surface area contributed by atoms with E-state index in [2.05, 4.69) is 35.0 Å². The Morgan fingerprint density at radius 1 is 1.24 bits per heavy atom. The van der Waals surface area contributed by atoms with Crippen LogP contribution in [0, 0.1) is 0 Å². The highest BCUT2D eigenvalue weighted by Crippen LogP contribution is 2.33. The average molecular weight is 419 g/mol. The van der Waals surface area contributed by atoms with Gasteiger partial charge in [0.15, 0.2) is 5.16 Å². The fraction of sp³-hybridized carbons (Fsp3) is 0.263. The maximum atomic E-state index is 13.0. The third-order valence-corrected chi connectivity index (χ3v) is 5.59. The summed E-state index contributed by atoms with van der Waals surface area (Å²) in [6.45, 7) is 3.07. The summed E-state index contributed by atoms with van der Waals surface area (Å²) in [4.78, 5) is 17.7. The number of hydrogen-bond acceptors (Lipinski definition) is 4. The van der Waals surface area contributed by atoms with Crippen LogP contribution in [-0.4, -0.2) is 23.3 Å². The fourth-order valence-corrected chi connectivity index (χ4v) is 4.02. The van der Waals surface area contributed by atoms with Crippen LogP contribution in [0.2, 0.25) is 0 Å². The number of ether oxygens (including phenoxy) is 1. The molecule has 0 radical (unpaired) electrons. The van der Waals surface area contributed by atoms with E-state index in [1.165, 1.54) is 5.56 Å². The minimum absolute atomic E-state index is 0.0360. The first-order valence-corrected chi connectivity index (χ1v) is 9.68. The molecule has 6 heteroatoms. The maximum Gasteiger partial charge on any atom is 0.262 e. The van der Waals surface area contributed by atoms with Crippen LogP contribution in [0.5, 0.6) is 0 Å². The van der Waals surface area contributed by atoms with Gasteiger partial charge in [-0.25, -0.2) is 4.98 Å². The zero-order valence-electron chi connectivity index (χ0n) is 14.1. The highest BCUT2D eigenvalue weighted by molar-refractivity contribution is 9.10. The number of fused-ring (bicyclic) bond motifs is 1. The van der Waals surface area contributed by atoms with Crippen LogP contribution < -0.4 is 5.56 Å². The molecule has 0 saturated heterocycles. The van der Waals surface area contributed by atoms with Gasteiger partial charge in [-0.05, 0) is 30.7 Å². The van der Waals surface area contributed by atoms with E-state index in [9.17, 15) is 4.79 Å². The van der Waals surface area contributed by atoms with E-state index in [-0.39, 0.29) is 10.8 Å². The Bertz CT molecular complexity index is 928. The highest BCUT2D eigenvalue weighted by Gasteiger charge is 2.15. The van der Waals surface area contributed by atoms with Gasteiger partial charge in [-0.15, -0.1) is 0 Å². The van der Waals surface area contributed by atoms with Gasteiger partial charge >= 0.3 is 0 Å². The molecule has 3 aromatic rings. The first-order chi connectivity index (χ1) is 12.1. The molecule has 0 fully saturated rings. The van der Waals surface area contributed by atoms with Gasteiger partial charge < -0.3 is 4.74 Å². The molecule has 25 heavy (non-hydrogen) atoms. The van der Waals surface area contributed by atoms with Gasteiger partial charge in [0.2, 0.25) is 0 Å². The van der Waals surface area contributed by atoms with E-state index in [1.807, 2.05) is 36.4 Å². The highest BCUT2D eigenvalue weighted by atomic mass is 79.9. The lowest BCUT2D eigenvalue weighted by atomic mass is 10.2. The first kappa shape index (κ1) is 18.2. The predicted molar refractivity (Wildman–Crippen MR) is 106 cm³/mol. The van der Waals surface area contributed by atoms with Gasteiger partial charge in [0.1, 0.15) is 0 Å². The second-order valence-corrected chi connectivity index (χ2v) is 7.90. The molecule has 3 rings (SSSR count). The molecule has 2 aromatic carbocycles. The van der Waals surface area contributed by atoms with Crippen LogP contribution in [-0.2, 0) is 11.3 Å². The van der Waals surface area contributed by atoms with Crippen molar-refractivity contribution in [2.24, 2.45) is 0 Å². The number of rotatable bonds is 6. The minimum Gasteiger partial charge on any atom is -0.383 e. The summed E-state index contributed by atoms with van der Waals surface area (Å²) >= 11 is 5.02. The summed E-state index contributed by atoms with van der Waals surface area (Å²) in [6.07, 6.45) is 0. The van der Waals surface area contributed by atoms with Crippen molar-refractivity contribution in [1.29, 1.82) is 0 Å². The smallest absolute Gasteiger partial charge is 0.262 e. The largest absolute Gasteiger partial charge is 0.383 e. The number of hydrogen-bond donors (Lipinski definition) is 0. The summed E-state index contributed by atoms with van der Waals surface area (Å²) in [5.74, 6) is 0. The van der Waals surface area contributed by atoms with Crippen LogP contribution in [0.1, 0.15) is 17.7 Å². The van der Waals surface area contributed by atoms with Gasteiger partial charge in [-0.1, -0.05) is 58.0 Å². The SMILES string of the molecule is COCCn1c(SC(C)c2ccccc2)nc2ccc(Br)cc2c1=O. The zero-order chi connectivity index (χ0) is 17.8. The van der Waals surface area contributed by atoms with Gasteiger partial charge in [-0.3, -0.25) is 9.36 Å². The zero-order valence-corrected chi connectivity index (χ0v) is 16.5. The molecular formula is C19H19BrN2O2S. The Hall–Kier alpha value is -1.63. The van der Waals surface area contributed by atoms with Crippen molar-refractivity contribution in [2.45, 2.75) is 23.9 Å². The Morgan fingerprint density at radius 3 is 2.72 bits per heavy atom. The van der Waals surface area contributed by atoms with Crippen LogP contribution in [0.25, 0.3) is 10.9 Å². The average Bonchev–Trinajstić information content (AvgIpc) is 2.63. The molecule has 4 nitrogen and oxygen atoms in total. The number of aromatic nitrogens is 2. The molecule has 0 amide bonds. The van der Waals surface area contributed by atoms with Gasteiger partial charge in [0, 0.05) is 16.8 Å². The molecule has 0 N–H and O–H groups in total. The van der Waals surface area contributed by atoms with E-state index < -0.39 is 0 Å². The summed E-state index contributed by atoms with van der Waals surface area (Å²) in [6, 6.07) is 15.8. The molecule has 0 bridgehead atoms. The number of nitrogens with zero attached hydrogens (tertiary/aromatic N) is 2. The van der Waals surface area contributed by atoms with Gasteiger partial charge in [0.25, 0.3) is 5.56 Å². The number of benzene rings is 2. The van der Waals surface area contributed by atoms with E-state index >= 15 is 0 Å². The summed E-state index contributed by atoms with van der Waals surface area (Å²) < 4.78 is 7.76. The normalized spacial score (nSPS) is 12.4. The lowest BCUT2D eigenvalue weighted by Crippen LogP contribution is -2.25. The number of thioether (sulfide) groups is 1. The van der Waals surface area contributed by atoms with Crippen molar-refractivity contribution in [2.75, 3.05) is 13.7 Å². The molecule has 0 saturated carbocycles. The van der Waals surface area contributed by atoms with Crippen molar-refractivity contribution < 1.29 is 4.74 Å². The third-order valence-electron chi connectivity index (χ3n) is 3.95. The Labute approximate surface area is 159 Å². The second-order valence-electron chi connectivity index (χ2n) is 5.68. The molecule has 130 valence electrons. The lowest BCUT2D eigenvalue weighted by molar-refractivity contribution is 0.183. The van der Waals surface area contributed by atoms with Crippen molar-refractivity contribution in [1.82, 2.24) is 9.55 Å². The molecule has 0 aliphatic carbocycles. The van der Waals surface area contributed by atoms with Crippen molar-refractivity contribution in [3.05, 3.63) is 68.9 Å². The molecular weight excluding hydrogens is 400 g/mol. The van der Waals surface area contributed by atoms with Crippen molar-refractivity contribution >= 4 is 38.6 Å². The van der Waals surface area contributed by atoms with E-state index in [0.717, 1.165) is 4.47 Å². The van der Waals surface area contributed by atoms with Crippen molar-refractivity contribution in [3.8, 4) is 0 Å². The summed E-state index contributed by atoms with van der Waals surface area (Å²) in [5.41, 5.74) is 1.88. The van der Waals surface area contributed by atoms with Crippen LogP contribution in [0.15, 0.2) is 63.0 Å². The van der Waals surface area contributed by atoms with Crippen LogP contribution in [0.3, 0.4) is 0 Å². The van der Waals surface area contributed by atoms with Crippen LogP contribution in [0.4, 0.5) is 0 Å². The minimum atomic E-state index is -0.0360. The molecule has 0 aliphatic heterocycles. The van der Waals surface area contributed by atoms with Crippen molar-refractivity contribution in [3.63, 3.8) is 0 Å². The molecule has 0 spiro atoms. The number of methoxy groups -OCH3 is 1. The standard InChI is InChI=1S/C19H19BrN2O2S/c1-13(14-6-4-3-5-7-14)25-19-21-17-9-8-15(20)12-16(17)18(23)22(19)10-11-24-2/h3-9,12-13H,10-11H2,1-2H3. The van der Waals surface area contributed by atoms with E-state index in [4.69, 9.17) is 9.72 Å². The fourth-order valence-electron chi connectivity index (χ4n) is 2.59. The lowest BCUT2D eigenvalue weighted by Gasteiger charge is -2.16. The Morgan fingerprint density at radius 2 is 2.00 bits per heavy atom. The molecule has 1 heterocycles.